The van der Waals surface area contributed by atoms with Gasteiger partial charge in [0.1, 0.15) is 17.7 Å². The first-order valence-corrected chi connectivity index (χ1v) is 5.46. The van der Waals surface area contributed by atoms with Gasteiger partial charge in [0.15, 0.2) is 0 Å². The average Bonchev–Trinajstić information content (AvgIpc) is 2.70. The molecule has 1 aromatic carbocycles. The predicted octanol–water partition coefficient (Wildman–Crippen LogP) is 2.01. The molecule has 4 heteroatoms. The van der Waals surface area contributed by atoms with Crippen molar-refractivity contribution in [3.8, 4) is 5.75 Å². The van der Waals surface area contributed by atoms with Crippen molar-refractivity contribution in [2.75, 3.05) is 13.2 Å². The van der Waals surface area contributed by atoms with Crippen molar-refractivity contribution < 1.29 is 13.9 Å². The van der Waals surface area contributed by atoms with Gasteiger partial charge in [0, 0.05) is 24.1 Å². The molecule has 16 heavy (non-hydrogen) atoms. The van der Waals surface area contributed by atoms with Crippen molar-refractivity contribution in [2.24, 2.45) is 5.73 Å². The first-order chi connectivity index (χ1) is 7.66. The summed E-state index contributed by atoms with van der Waals surface area (Å²) in [7, 11) is 0. The minimum Gasteiger partial charge on any atom is -0.488 e. The van der Waals surface area contributed by atoms with Crippen molar-refractivity contribution in [1.82, 2.24) is 0 Å². The molecule has 1 aromatic rings. The first kappa shape index (κ1) is 11.4. The molecule has 0 spiro atoms. The van der Waals surface area contributed by atoms with Gasteiger partial charge in [0.2, 0.25) is 0 Å². The molecule has 1 aliphatic rings. The molecule has 0 aromatic heterocycles. The molecule has 1 heterocycles. The summed E-state index contributed by atoms with van der Waals surface area (Å²) >= 11 is 0. The number of ether oxygens (including phenoxy) is 2. The maximum Gasteiger partial charge on any atom is 0.131 e. The van der Waals surface area contributed by atoms with E-state index in [4.69, 9.17) is 15.2 Å². The Kier molecular flexibility index (Phi) is 3.41. The van der Waals surface area contributed by atoms with Crippen LogP contribution in [0.3, 0.4) is 0 Å². The highest BCUT2D eigenvalue weighted by atomic mass is 19.1. The summed E-state index contributed by atoms with van der Waals surface area (Å²) in [6.07, 6.45) is 0.900. The highest BCUT2D eigenvalue weighted by molar-refractivity contribution is 5.30. The lowest BCUT2D eigenvalue weighted by Crippen LogP contribution is -2.16. The van der Waals surface area contributed by atoms with Gasteiger partial charge in [0.25, 0.3) is 0 Å². The number of benzene rings is 1. The van der Waals surface area contributed by atoms with Crippen molar-refractivity contribution >= 4 is 0 Å². The topological polar surface area (TPSA) is 44.5 Å². The lowest BCUT2D eigenvalue weighted by molar-refractivity contribution is 0.141. The van der Waals surface area contributed by atoms with Gasteiger partial charge >= 0.3 is 0 Å². The van der Waals surface area contributed by atoms with Crippen LogP contribution in [0.25, 0.3) is 0 Å². The van der Waals surface area contributed by atoms with Crippen molar-refractivity contribution in [1.29, 1.82) is 0 Å². The zero-order valence-corrected chi connectivity index (χ0v) is 9.28. The number of hydrogen-bond donors (Lipinski definition) is 1. The van der Waals surface area contributed by atoms with Crippen LogP contribution in [-0.4, -0.2) is 19.3 Å². The number of rotatable bonds is 3. The third-order valence-electron chi connectivity index (χ3n) is 2.65. The van der Waals surface area contributed by atoms with E-state index in [-0.39, 0.29) is 18.0 Å². The van der Waals surface area contributed by atoms with E-state index in [1.807, 2.05) is 0 Å². The van der Waals surface area contributed by atoms with E-state index in [1.54, 1.807) is 19.1 Å². The van der Waals surface area contributed by atoms with Crippen molar-refractivity contribution in [2.45, 2.75) is 25.5 Å². The molecule has 0 amide bonds. The van der Waals surface area contributed by atoms with Crippen LogP contribution >= 0.6 is 0 Å². The number of halogens is 1. The Bertz CT molecular complexity index is 362. The zero-order valence-electron chi connectivity index (χ0n) is 9.28. The monoisotopic (exact) mass is 225 g/mol. The Morgan fingerprint density at radius 3 is 2.94 bits per heavy atom. The summed E-state index contributed by atoms with van der Waals surface area (Å²) in [4.78, 5) is 0. The molecule has 0 bridgehead atoms. The molecular weight excluding hydrogens is 209 g/mol. The summed E-state index contributed by atoms with van der Waals surface area (Å²) in [5.41, 5.74) is 6.14. The van der Waals surface area contributed by atoms with Crippen LogP contribution in [0.1, 0.15) is 24.9 Å². The van der Waals surface area contributed by atoms with Crippen LogP contribution in [0.15, 0.2) is 18.2 Å². The van der Waals surface area contributed by atoms with E-state index in [0.29, 0.717) is 24.5 Å². The summed E-state index contributed by atoms with van der Waals surface area (Å²) in [5, 5.41) is 0. The Balaban J connectivity index is 2.08. The highest BCUT2D eigenvalue weighted by Crippen LogP contribution is 2.22. The lowest BCUT2D eigenvalue weighted by atomic mass is 10.1. The molecule has 2 atom stereocenters. The normalized spacial score (nSPS) is 22.1. The summed E-state index contributed by atoms with van der Waals surface area (Å²) in [6.45, 7) is 3.05. The van der Waals surface area contributed by atoms with E-state index < -0.39 is 0 Å². The lowest BCUT2D eigenvalue weighted by Gasteiger charge is -2.13. The second-order valence-corrected chi connectivity index (χ2v) is 4.08. The Morgan fingerprint density at radius 2 is 2.38 bits per heavy atom. The van der Waals surface area contributed by atoms with E-state index >= 15 is 0 Å². The van der Waals surface area contributed by atoms with E-state index in [2.05, 4.69) is 0 Å². The first-order valence-electron chi connectivity index (χ1n) is 5.46. The Labute approximate surface area is 94.3 Å². The van der Waals surface area contributed by atoms with Gasteiger partial charge < -0.3 is 15.2 Å². The number of hydrogen-bond acceptors (Lipinski definition) is 3. The molecule has 1 fully saturated rings. The smallest absolute Gasteiger partial charge is 0.131 e. The van der Waals surface area contributed by atoms with E-state index in [9.17, 15) is 4.39 Å². The standard InChI is InChI=1S/C12H16FNO2/c1-8(14)11-3-2-9(6-12(11)13)16-10-4-5-15-7-10/h2-3,6,8,10H,4-5,7,14H2,1H3/t8-,10?/m0/s1. The molecule has 0 saturated carbocycles. The van der Waals surface area contributed by atoms with Crippen LogP contribution in [-0.2, 0) is 4.74 Å². The molecular formula is C12H16FNO2. The van der Waals surface area contributed by atoms with Gasteiger partial charge in [0.05, 0.1) is 13.2 Å². The third kappa shape index (κ3) is 2.51. The van der Waals surface area contributed by atoms with Crippen LogP contribution in [0, 0.1) is 5.82 Å². The van der Waals surface area contributed by atoms with Crippen molar-refractivity contribution in [3.05, 3.63) is 29.6 Å². The summed E-state index contributed by atoms with van der Waals surface area (Å²) in [5.74, 6) is 0.226. The quantitative estimate of drug-likeness (QED) is 0.855. The minimum atomic E-state index is -0.314. The fourth-order valence-corrected chi connectivity index (χ4v) is 1.75. The summed E-state index contributed by atoms with van der Waals surface area (Å²) < 4.78 is 24.4. The van der Waals surface area contributed by atoms with Crippen LogP contribution in [0.2, 0.25) is 0 Å². The van der Waals surface area contributed by atoms with Gasteiger partial charge in [-0.15, -0.1) is 0 Å². The zero-order chi connectivity index (χ0) is 11.5. The fourth-order valence-electron chi connectivity index (χ4n) is 1.75. The Morgan fingerprint density at radius 1 is 1.56 bits per heavy atom. The number of nitrogens with two attached hydrogens (primary N) is 1. The summed E-state index contributed by atoms with van der Waals surface area (Å²) in [6, 6.07) is 4.51. The van der Waals surface area contributed by atoms with Crippen molar-refractivity contribution in [3.63, 3.8) is 0 Å². The second kappa shape index (κ2) is 4.80. The molecule has 1 unspecified atom stereocenters. The molecule has 2 rings (SSSR count). The van der Waals surface area contributed by atoms with E-state index in [1.165, 1.54) is 6.07 Å². The largest absolute Gasteiger partial charge is 0.488 e. The molecule has 0 aliphatic carbocycles. The molecule has 2 N–H and O–H groups in total. The van der Waals surface area contributed by atoms with Gasteiger partial charge in [-0.05, 0) is 13.0 Å². The van der Waals surface area contributed by atoms with Gasteiger partial charge in [-0.1, -0.05) is 6.07 Å². The predicted molar refractivity (Wildman–Crippen MR) is 58.9 cm³/mol. The highest BCUT2D eigenvalue weighted by Gasteiger charge is 2.18. The Hall–Kier alpha value is -1.13. The minimum absolute atomic E-state index is 0.0422. The van der Waals surface area contributed by atoms with E-state index in [0.717, 1.165) is 6.42 Å². The fraction of sp³-hybridized carbons (Fsp3) is 0.500. The molecule has 1 aliphatic heterocycles. The molecule has 88 valence electrons. The third-order valence-corrected chi connectivity index (χ3v) is 2.65. The average molecular weight is 225 g/mol. The molecule has 0 radical (unpaired) electrons. The maximum atomic E-state index is 13.6. The van der Waals surface area contributed by atoms with Crippen LogP contribution < -0.4 is 10.5 Å². The molecule has 3 nitrogen and oxygen atoms in total. The SMILES string of the molecule is C[C@H](N)c1ccc(OC2CCOC2)cc1F. The van der Waals surface area contributed by atoms with Crippen LogP contribution in [0.5, 0.6) is 5.75 Å². The molecule has 1 saturated heterocycles. The van der Waals surface area contributed by atoms with Gasteiger partial charge in [-0.2, -0.15) is 0 Å². The van der Waals surface area contributed by atoms with Gasteiger partial charge in [-0.25, -0.2) is 4.39 Å². The second-order valence-electron chi connectivity index (χ2n) is 4.08. The van der Waals surface area contributed by atoms with Crippen LogP contribution in [0.4, 0.5) is 4.39 Å². The van der Waals surface area contributed by atoms with Gasteiger partial charge in [-0.3, -0.25) is 0 Å². The maximum absolute atomic E-state index is 13.6.